The molecule has 0 aromatic heterocycles. The summed E-state index contributed by atoms with van der Waals surface area (Å²) in [5.74, 6) is 1.84. The third kappa shape index (κ3) is 3.77. The largest absolute Gasteiger partial charge is 0.329 e. The van der Waals surface area contributed by atoms with Gasteiger partial charge in [-0.3, -0.25) is 9.69 Å². The van der Waals surface area contributed by atoms with Crippen molar-refractivity contribution in [2.75, 3.05) is 37.3 Å². The van der Waals surface area contributed by atoms with E-state index < -0.39 is 0 Å². The van der Waals surface area contributed by atoms with Crippen molar-refractivity contribution in [2.24, 2.45) is 11.7 Å². The Morgan fingerprint density at radius 3 is 2.86 bits per heavy atom. The van der Waals surface area contributed by atoms with E-state index in [9.17, 15) is 4.79 Å². The Labute approximate surface area is 142 Å². The molecule has 1 fully saturated rings. The van der Waals surface area contributed by atoms with Crippen molar-refractivity contribution < 1.29 is 4.79 Å². The number of halogens is 1. The van der Waals surface area contributed by atoms with Crippen molar-refractivity contribution >= 4 is 35.8 Å². The molecule has 1 saturated carbocycles. The first-order chi connectivity index (χ1) is 10.2. The van der Waals surface area contributed by atoms with E-state index in [0.717, 1.165) is 18.0 Å². The smallest absolute Gasteiger partial charge is 0.241 e. The van der Waals surface area contributed by atoms with Gasteiger partial charge in [-0.2, -0.15) is 0 Å². The standard InChI is InChI=1S/C16H23N3OS.ClH/c1-18(14(10-17)12-6-7-12)11-16(20)19-8-9-21-15-5-3-2-4-13(15)19;/h2-5,12,14H,6-11,17H2,1H3;1H. The molecule has 2 aliphatic rings. The summed E-state index contributed by atoms with van der Waals surface area (Å²) in [6.07, 6.45) is 2.51. The number of para-hydroxylation sites is 1. The summed E-state index contributed by atoms with van der Waals surface area (Å²) in [6.45, 7) is 1.89. The van der Waals surface area contributed by atoms with Crippen molar-refractivity contribution in [1.29, 1.82) is 0 Å². The minimum absolute atomic E-state index is 0. The second kappa shape index (κ2) is 7.68. The molecule has 22 heavy (non-hydrogen) atoms. The zero-order valence-electron chi connectivity index (χ0n) is 12.9. The molecule has 1 aliphatic carbocycles. The number of benzene rings is 1. The number of rotatable bonds is 5. The predicted molar refractivity (Wildman–Crippen MR) is 95.0 cm³/mol. The third-order valence-electron chi connectivity index (χ3n) is 4.39. The lowest BCUT2D eigenvalue weighted by molar-refractivity contribution is -0.120. The van der Waals surface area contributed by atoms with Crippen molar-refractivity contribution in [1.82, 2.24) is 4.90 Å². The number of likely N-dealkylation sites (N-methyl/N-ethyl adjacent to an activating group) is 1. The maximum Gasteiger partial charge on any atom is 0.241 e. The van der Waals surface area contributed by atoms with Gasteiger partial charge in [0.25, 0.3) is 0 Å². The first-order valence-corrected chi connectivity index (χ1v) is 8.61. The van der Waals surface area contributed by atoms with E-state index in [-0.39, 0.29) is 18.3 Å². The SMILES string of the molecule is CN(CC(=O)N1CCSc2ccccc21)C(CN)C1CC1.Cl. The molecule has 1 aliphatic heterocycles. The van der Waals surface area contributed by atoms with Crippen molar-refractivity contribution in [3.05, 3.63) is 24.3 Å². The number of thioether (sulfide) groups is 1. The lowest BCUT2D eigenvalue weighted by Gasteiger charge is -2.32. The average molecular weight is 342 g/mol. The van der Waals surface area contributed by atoms with Gasteiger partial charge >= 0.3 is 0 Å². The van der Waals surface area contributed by atoms with Crippen LogP contribution in [0.3, 0.4) is 0 Å². The fraction of sp³-hybridized carbons (Fsp3) is 0.562. The van der Waals surface area contributed by atoms with E-state index in [2.05, 4.69) is 11.0 Å². The van der Waals surface area contributed by atoms with Crippen LogP contribution >= 0.6 is 24.2 Å². The van der Waals surface area contributed by atoms with Gasteiger partial charge in [0.1, 0.15) is 0 Å². The van der Waals surface area contributed by atoms with Crippen molar-refractivity contribution in [3.63, 3.8) is 0 Å². The van der Waals surface area contributed by atoms with Crippen LogP contribution in [-0.4, -0.2) is 49.3 Å². The summed E-state index contributed by atoms with van der Waals surface area (Å²) in [5.41, 5.74) is 6.93. The molecular formula is C16H24ClN3OS. The number of fused-ring (bicyclic) bond motifs is 1. The Bertz CT molecular complexity index is 524. The molecule has 6 heteroatoms. The predicted octanol–water partition coefficient (Wildman–Crippen LogP) is 2.22. The highest BCUT2D eigenvalue weighted by Gasteiger charge is 2.34. The zero-order valence-corrected chi connectivity index (χ0v) is 14.5. The van der Waals surface area contributed by atoms with Crippen LogP contribution in [0.5, 0.6) is 0 Å². The third-order valence-corrected chi connectivity index (χ3v) is 5.43. The van der Waals surface area contributed by atoms with Gasteiger partial charge in [0.05, 0.1) is 12.2 Å². The Kier molecular flexibility index (Phi) is 6.15. The van der Waals surface area contributed by atoms with E-state index in [0.29, 0.717) is 25.0 Å². The molecule has 1 aromatic rings. The molecule has 0 bridgehead atoms. The maximum atomic E-state index is 12.7. The number of anilines is 1. The number of nitrogens with zero attached hydrogens (tertiary/aromatic N) is 2. The van der Waals surface area contributed by atoms with E-state index in [4.69, 9.17) is 5.73 Å². The Morgan fingerprint density at radius 1 is 1.45 bits per heavy atom. The second-order valence-corrected chi connectivity index (χ2v) is 7.05. The number of amides is 1. The fourth-order valence-corrected chi connectivity index (χ4v) is 4.05. The molecule has 122 valence electrons. The number of hydrogen-bond donors (Lipinski definition) is 1. The van der Waals surface area contributed by atoms with Crippen molar-refractivity contribution in [2.45, 2.75) is 23.8 Å². The van der Waals surface area contributed by atoms with Gasteiger partial charge in [0, 0.05) is 29.8 Å². The number of hydrogen-bond acceptors (Lipinski definition) is 4. The molecule has 1 amide bonds. The van der Waals surface area contributed by atoms with E-state index >= 15 is 0 Å². The summed E-state index contributed by atoms with van der Waals surface area (Å²) in [4.78, 5) is 18.0. The summed E-state index contributed by atoms with van der Waals surface area (Å²) >= 11 is 1.83. The number of carbonyl (C=O) groups is 1. The minimum Gasteiger partial charge on any atom is -0.329 e. The molecular weight excluding hydrogens is 318 g/mol. The van der Waals surface area contributed by atoms with Crippen LogP contribution in [0, 0.1) is 5.92 Å². The molecule has 0 radical (unpaired) electrons. The Morgan fingerprint density at radius 2 is 2.18 bits per heavy atom. The highest BCUT2D eigenvalue weighted by atomic mass is 35.5. The molecule has 0 saturated heterocycles. The Hall–Kier alpha value is -0.750. The quantitative estimate of drug-likeness (QED) is 0.892. The topological polar surface area (TPSA) is 49.6 Å². The molecule has 1 heterocycles. The molecule has 1 aromatic carbocycles. The minimum atomic E-state index is 0. The molecule has 1 atom stereocenters. The first kappa shape index (κ1) is 17.6. The van der Waals surface area contributed by atoms with Gasteiger partial charge < -0.3 is 10.6 Å². The lowest BCUT2D eigenvalue weighted by Crippen LogP contribution is -2.47. The monoisotopic (exact) mass is 341 g/mol. The number of carbonyl (C=O) groups excluding carboxylic acids is 1. The van der Waals surface area contributed by atoms with Gasteiger partial charge in [-0.25, -0.2) is 0 Å². The lowest BCUT2D eigenvalue weighted by atomic mass is 10.1. The van der Waals surface area contributed by atoms with Gasteiger partial charge in [0.2, 0.25) is 5.91 Å². The summed E-state index contributed by atoms with van der Waals surface area (Å²) in [5, 5.41) is 0. The summed E-state index contributed by atoms with van der Waals surface area (Å²) in [6, 6.07) is 8.52. The molecule has 0 spiro atoms. The highest BCUT2D eigenvalue weighted by Crippen LogP contribution is 2.36. The van der Waals surface area contributed by atoms with Crippen molar-refractivity contribution in [3.8, 4) is 0 Å². The van der Waals surface area contributed by atoms with Crippen LogP contribution in [0.4, 0.5) is 5.69 Å². The first-order valence-electron chi connectivity index (χ1n) is 7.63. The number of nitrogens with two attached hydrogens (primary N) is 1. The van der Waals surface area contributed by atoms with Crippen LogP contribution < -0.4 is 10.6 Å². The van der Waals surface area contributed by atoms with E-state index in [1.165, 1.54) is 17.7 Å². The van der Waals surface area contributed by atoms with E-state index in [1.54, 1.807) is 0 Å². The molecule has 3 rings (SSSR count). The van der Waals surface area contributed by atoms with E-state index in [1.807, 2.05) is 41.9 Å². The Balaban J connectivity index is 0.00000176. The second-order valence-electron chi connectivity index (χ2n) is 5.92. The summed E-state index contributed by atoms with van der Waals surface area (Å²) < 4.78 is 0. The van der Waals surface area contributed by atoms with Crippen LogP contribution in [-0.2, 0) is 4.79 Å². The van der Waals surface area contributed by atoms with Gasteiger partial charge in [0.15, 0.2) is 0 Å². The van der Waals surface area contributed by atoms with Crippen LogP contribution in [0.1, 0.15) is 12.8 Å². The van der Waals surface area contributed by atoms with Gasteiger partial charge in [-0.15, -0.1) is 24.2 Å². The van der Waals surface area contributed by atoms with Gasteiger partial charge in [-0.05, 0) is 37.9 Å². The maximum absolute atomic E-state index is 12.7. The normalized spacial score (nSPS) is 18.6. The molecule has 4 nitrogen and oxygen atoms in total. The highest BCUT2D eigenvalue weighted by molar-refractivity contribution is 7.99. The fourth-order valence-electron chi connectivity index (χ4n) is 3.06. The zero-order chi connectivity index (χ0) is 14.8. The molecule has 2 N–H and O–H groups in total. The van der Waals surface area contributed by atoms with Crippen LogP contribution in [0.25, 0.3) is 0 Å². The summed E-state index contributed by atoms with van der Waals surface area (Å²) in [7, 11) is 2.03. The molecule has 1 unspecified atom stereocenters. The van der Waals surface area contributed by atoms with Crippen LogP contribution in [0.2, 0.25) is 0 Å². The van der Waals surface area contributed by atoms with Gasteiger partial charge in [-0.1, -0.05) is 12.1 Å². The van der Waals surface area contributed by atoms with Crippen LogP contribution in [0.15, 0.2) is 29.2 Å². The average Bonchev–Trinajstić information content (AvgIpc) is 3.32.